The van der Waals surface area contributed by atoms with Crippen molar-refractivity contribution in [2.45, 2.75) is 19.4 Å². The lowest BCUT2D eigenvalue weighted by atomic mass is 9.89. The number of Topliss-reactive ketones (excluding diaryl/α,β-unsaturated/α-hetero) is 1. The second-order valence-electron chi connectivity index (χ2n) is 7.71. The van der Waals surface area contributed by atoms with Crippen LogP contribution in [0.2, 0.25) is 0 Å². The van der Waals surface area contributed by atoms with Crippen LogP contribution in [0.15, 0.2) is 60.9 Å². The molecular weight excluding hydrogens is 397 g/mol. The van der Waals surface area contributed by atoms with Gasteiger partial charge < -0.3 is 9.64 Å². The van der Waals surface area contributed by atoms with Gasteiger partial charge >= 0.3 is 0 Å². The van der Waals surface area contributed by atoms with Crippen molar-refractivity contribution in [3.63, 3.8) is 0 Å². The number of aromatic nitrogens is 2. The Balaban J connectivity index is 1.46. The van der Waals surface area contributed by atoms with Gasteiger partial charge in [0.15, 0.2) is 5.78 Å². The molecule has 31 heavy (non-hydrogen) atoms. The molecule has 2 heterocycles. The molecule has 0 bridgehead atoms. The van der Waals surface area contributed by atoms with Crippen molar-refractivity contribution in [3.8, 4) is 5.75 Å². The molecule has 3 aromatic rings. The van der Waals surface area contributed by atoms with E-state index in [9.17, 15) is 14.0 Å². The molecule has 0 aliphatic carbocycles. The lowest BCUT2D eigenvalue weighted by Gasteiger charge is -2.32. The molecule has 4 rings (SSSR count). The van der Waals surface area contributed by atoms with Crippen LogP contribution in [0.3, 0.4) is 0 Å². The number of piperidine rings is 1. The number of hydrogen-bond donors (Lipinski definition) is 0. The Hall–Kier alpha value is -3.48. The van der Waals surface area contributed by atoms with E-state index in [-0.39, 0.29) is 17.3 Å². The van der Waals surface area contributed by atoms with Crippen LogP contribution in [-0.4, -0.2) is 46.6 Å². The Morgan fingerprint density at radius 3 is 2.77 bits per heavy atom. The van der Waals surface area contributed by atoms with Gasteiger partial charge in [0.2, 0.25) is 0 Å². The van der Waals surface area contributed by atoms with E-state index in [1.54, 1.807) is 22.0 Å². The normalized spacial score (nSPS) is 16.2. The molecular formula is C24H24FN3O3. The van der Waals surface area contributed by atoms with Gasteiger partial charge in [-0.25, -0.2) is 4.39 Å². The highest BCUT2D eigenvalue weighted by Gasteiger charge is 2.31. The van der Waals surface area contributed by atoms with Gasteiger partial charge in [0.1, 0.15) is 11.6 Å². The summed E-state index contributed by atoms with van der Waals surface area (Å²) in [5.74, 6) is -0.889. The summed E-state index contributed by atoms with van der Waals surface area (Å²) in [5, 5.41) is 4.31. The number of rotatable bonds is 6. The summed E-state index contributed by atoms with van der Waals surface area (Å²) in [7, 11) is 1.45. The highest BCUT2D eigenvalue weighted by molar-refractivity contribution is 6.01. The Kier molecular flexibility index (Phi) is 6.11. The summed E-state index contributed by atoms with van der Waals surface area (Å²) < 4.78 is 20.7. The van der Waals surface area contributed by atoms with Crippen LogP contribution in [0.4, 0.5) is 4.39 Å². The van der Waals surface area contributed by atoms with E-state index in [0.29, 0.717) is 43.8 Å². The second kappa shape index (κ2) is 9.12. The van der Waals surface area contributed by atoms with E-state index < -0.39 is 11.7 Å². The summed E-state index contributed by atoms with van der Waals surface area (Å²) in [5.41, 5.74) is 1.81. The largest absolute Gasteiger partial charge is 0.496 e. The van der Waals surface area contributed by atoms with Crippen LogP contribution in [0.25, 0.3) is 0 Å². The Morgan fingerprint density at radius 1 is 1.19 bits per heavy atom. The first-order chi connectivity index (χ1) is 15.0. The Morgan fingerprint density at radius 2 is 2.00 bits per heavy atom. The van der Waals surface area contributed by atoms with E-state index >= 15 is 0 Å². The maximum absolute atomic E-state index is 13.7. The molecule has 1 aliphatic rings. The smallest absolute Gasteiger partial charge is 0.257 e. The maximum atomic E-state index is 13.7. The number of methoxy groups -OCH3 is 1. The van der Waals surface area contributed by atoms with Gasteiger partial charge in [0.25, 0.3) is 5.91 Å². The third-order valence-electron chi connectivity index (χ3n) is 5.57. The van der Waals surface area contributed by atoms with Crippen LogP contribution in [0.5, 0.6) is 5.75 Å². The van der Waals surface area contributed by atoms with Crippen molar-refractivity contribution in [2.24, 2.45) is 5.92 Å². The summed E-state index contributed by atoms with van der Waals surface area (Å²) in [6.45, 7) is 1.45. The number of amides is 1. The number of carbonyl (C=O) groups is 2. The van der Waals surface area contributed by atoms with Crippen molar-refractivity contribution >= 4 is 11.7 Å². The molecule has 0 saturated carbocycles. The standard InChI is InChI=1S/C24H24FN3O3/c1-31-22-10-9-20(25)12-21(22)23(29)18-8-5-11-27(15-18)24(30)19-13-26-28(16-19)14-17-6-3-2-4-7-17/h2-4,6-7,9-10,12-13,16,18H,5,8,11,14-15H2,1H3. The second-order valence-corrected chi connectivity index (χ2v) is 7.71. The maximum Gasteiger partial charge on any atom is 0.257 e. The molecule has 1 unspecified atom stereocenters. The number of likely N-dealkylation sites (tertiary alicyclic amines) is 1. The molecule has 0 radical (unpaired) electrons. The molecule has 1 saturated heterocycles. The number of nitrogens with zero attached hydrogens (tertiary/aromatic N) is 3. The van der Waals surface area contributed by atoms with E-state index in [1.807, 2.05) is 30.3 Å². The SMILES string of the molecule is COc1ccc(F)cc1C(=O)C1CCCN(C(=O)c2cnn(Cc3ccccc3)c2)C1. The molecule has 1 fully saturated rings. The summed E-state index contributed by atoms with van der Waals surface area (Å²) >= 11 is 0. The molecule has 1 aromatic heterocycles. The van der Waals surface area contributed by atoms with Crippen molar-refractivity contribution in [1.29, 1.82) is 0 Å². The first-order valence-electron chi connectivity index (χ1n) is 10.3. The van der Waals surface area contributed by atoms with Gasteiger partial charge in [0.05, 0.1) is 31.0 Å². The average Bonchev–Trinajstić information content (AvgIpc) is 3.27. The molecule has 7 heteroatoms. The first-order valence-corrected chi connectivity index (χ1v) is 10.3. The fourth-order valence-electron chi connectivity index (χ4n) is 3.98. The van der Waals surface area contributed by atoms with Gasteiger partial charge in [-0.2, -0.15) is 5.10 Å². The first kappa shape index (κ1) is 20.8. The van der Waals surface area contributed by atoms with Crippen molar-refractivity contribution < 1.29 is 18.7 Å². The predicted octanol–water partition coefficient (Wildman–Crippen LogP) is 3.81. The van der Waals surface area contributed by atoms with Gasteiger partial charge in [-0.15, -0.1) is 0 Å². The molecule has 1 amide bonds. The number of ketones is 1. The number of benzene rings is 2. The minimum absolute atomic E-state index is 0.150. The highest BCUT2D eigenvalue weighted by atomic mass is 19.1. The van der Waals surface area contributed by atoms with Gasteiger partial charge in [-0.3, -0.25) is 14.3 Å². The zero-order valence-corrected chi connectivity index (χ0v) is 17.3. The summed E-state index contributed by atoms with van der Waals surface area (Å²) in [6, 6.07) is 13.8. The number of hydrogen-bond acceptors (Lipinski definition) is 4. The molecule has 2 aromatic carbocycles. The molecule has 160 valence electrons. The fourth-order valence-corrected chi connectivity index (χ4v) is 3.98. The third kappa shape index (κ3) is 4.66. The molecule has 1 atom stereocenters. The van der Waals surface area contributed by atoms with Crippen molar-refractivity contribution in [3.05, 3.63) is 83.4 Å². The average molecular weight is 421 g/mol. The van der Waals surface area contributed by atoms with E-state index in [0.717, 1.165) is 5.56 Å². The lowest BCUT2D eigenvalue weighted by molar-refractivity contribution is 0.0636. The third-order valence-corrected chi connectivity index (χ3v) is 5.57. The fraction of sp³-hybridized carbons (Fsp3) is 0.292. The summed E-state index contributed by atoms with van der Waals surface area (Å²) in [4.78, 5) is 27.7. The quantitative estimate of drug-likeness (QED) is 0.568. The zero-order valence-electron chi connectivity index (χ0n) is 17.3. The topological polar surface area (TPSA) is 64.4 Å². The van der Waals surface area contributed by atoms with E-state index in [4.69, 9.17) is 4.74 Å². The van der Waals surface area contributed by atoms with E-state index in [2.05, 4.69) is 5.10 Å². The highest BCUT2D eigenvalue weighted by Crippen LogP contribution is 2.27. The van der Waals surface area contributed by atoms with Gasteiger partial charge in [0, 0.05) is 25.2 Å². The molecule has 1 aliphatic heterocycles. The molecule has 0 N–H and O–H groups in total. The van der Waals surface area contributed by atoms with E-state index in [1.165, 1.54) is 25.3 Å². The summed E-state index contributed by atoms with van der Waals surface area (Å²) in [6.07, 6.45) is 4.65. The van der Waals surface area contributed by atoms with Crippen molar-refractivity contribution in [2.75, 3.05) is 20.2 Å². The van der Waals surface area contributed by atoms with Crippen LogP contribution >= 0.6 is 0 Å². The van der Waals surface area contributed by atoms with Crippen LogP contribution in [0.1, 0.15) is 39.1 Å². The van der Waals surface area contributed by atoms with Crippen LogP contribution < -0.4 is 4.74 Å². The molecule has 0 spiro atoms. The van der Waals surface area contributed by atoms with Crippen LogP contribution in [-0.2, 0) is 6.54 Å². The monoisotopic (exact) mass is 421 g/mol. The van der Waals surface area contributed by atoms with Crippen LogP contribution in [0, 0.1) is 11.7 Å². The van der Waals surface area contributed by atoms with Crippen molar-refractivity contribution in [1.82, 2.24) is 14.7 Å². The number of carbonyl (C=O) groups excluding carboxylic acids is 2. The zero-order chi connectivity index (χ0) is 21.8. The minimum atomic E-state index is -0.487. The molecule has 6 nitrogen and oxygen atoms in total. The Labute approximate surface area is 180 Å². The van der Waals surface area contributed by atoms with Gasteiger partial charge in [-0.1, -0.05) is 30.3 Å². The van der Waals surface area contributed by atoms with Gasteiger partial charge in [-0.05, 0) is 36.6 Å². The Bertz CT molecular complexity index is 1080. The predicted molar refractivity (Wildman–Crippen MR) is 114 cm³/mol. The number of ether oxygens (including phenoxy) is 1. The minimum Gasteiger partial charge on any atom is -0.496 e. The lowest BCUT2D eigenvalue weighted by Crippen LogP contribution is -2.42. The number of halogens is 1.